The Kier molecular flexibility index (Phi) is 4.05. The van der Waals surface area contributed by atoms with Gasteiger partial charge in [0.1, 0.15) is 0 Å². The number of aliphatic hydroxyl groups is 1. The fourth-order valence-corrected chi connectivity index (χ4v) is 1.10. The van der Waals surface area contributed by atoms with Crippen LogP contribution in [0.2, 0.25) is 0 Å². The molecule has 0 aromatic carbocycles. The molecule has 0 saturated carbocycles. The Morgan fingerprint density at radius 2 is 2.33 bits per heavy atom. The van der Waals surface area contributed by atoms with E-state index in [-0.39, 0.29) is 6.42 Å². The first kappa shape index (κ1) is 11.5. The van der Waals surface area contributed by atoms with Crippen LogP contribution in [0.4, 0.5) is 0 Å². The summed E-state index contributed by atoms with van der Waals surface area (Å²) in [7, 11) is 2.76. The van der Waals surface area contributed by atoms with E-state index in [0.717, 1.165) is 0 Å². The third-order valence-electron chi connectivity index (χ3n) is 1.94. The summed E-state index contributed by atoms with van der Waals surface area (Å²) in [6.07, 6.45) is 0.535. The zero-order chi connectivity index (χ0) is 11.3. The maximum atomic E-state index is 10.9. The van der Waals surface area contributed by atoms with E-state index in [1.807, 2.05) is 0 Å². The normalized spacial score (nSPS) is 11.9. The first-order chi connectivity index (χ1) is 7.17. The molecule has 0 aliphatic rings. The molecule has 0 amide bonds. The van der Waals surface area contributed by atoms with E-state index in [1.165, 1.54) is 20.4 Å². The van der Waals surface area contributed by atoms with Crippen LogP contribution in [0.1, 0.15) is 18.1 Å². The van der Waals surface area contributed by atoms with Crippen LogP contribution in [0.25, 0.3) is 0 Å². The van der Waals surface area contributed by atoms with Gasteiger partial charge in [-0.25, -0.2) is 4.98 Å². The fraction of sp³-hybridized carbons (Fsp3) is 0.400. The van der Waals surface area contributed by atoms with Gasteiger partial charge in [-0.15, -0.1) is 0 Å². The van der Waals surface area contributed by atoms with Crippen LogP contribution in [0.15, 0.2) is 18.3 Å². The predicted molar refractivity (Wildman–Crippen MR) is 52.4 cm³/mol. The van der Waals surface area contributed by atoms with Gasteiger partial charge >= 0.3 is 5.97 Å². The van der Waals surface area contributed by atoms with Gasteiger partial charge in [0.05, 0.1) is 26.7 Å². The first-order valence-corrected chi connectivity index (χ1v) is 4.42. The lowest BCUT2D eigenvalue weighted by atomic mass is 10.1. The molecule has 0 spiro atoms. The topological polar surface area (TPSA) is 68.7 Å². The third-order valence-corrected chi connectivity index (χ3v) is 1.94. The number of ether oxygens (including phenoxy) is 2. The molecule has 0 saturated heterocycles. The van der Waals surface area contributed by atoms with Crippen LogP contribution in [0.3, 0.4) is 0 Å². The number of hydrogen-bond acceptors (Lipinski definition) is 5. The summed E-state index contributed by atoms with van der Waals surface area (Å²) >= 11 is 0. The van der Waals surface area contributed by atoms with Crippen molar-refractivity contribution in [2.45, 2.75) is 12.5 Å². The van der Waals surface area contributed by atoms with E-state index in [9.17, 15) is 9.90 Å². The van der Waals surface area contributed by atoms with Gasteiger partial charge in [0.2, 0.25) is 5.88 Å². The summed E-state index contributed by atoms with van der Waals surface area (Å²) in [5.74, 6) is -0.0605. The number of aliphatic hydroxyl groups excluding tert-OH is 1. The summed E-state index contributed by atoms with van der Waals surface area (Å²) in [5.41, 5.74) is 0.576. The van der Waals surface area contributed by atoms with Crippen LogP contribution in [0.5, 0.6) is 5.88 Å². The van der Waals surface area contributed by atoms with Crippen LogP contribution in [-0.4, -0.2) is 30.3 Å². The molecule has 1 aromatic rings. The lowest BCUT2D eigenvalue weighted by Gasteiger charge is -2.09. The lowest BCUT2D eigenvalue weighted by molar-refractivity contribution is -0.142. The summed E-state index contributed by atoms with van der Waals surface area (Å²) < 4.78 is 9.35. The molecule has 1 rings (SSSR count). The Morgan fingerprint density at radius 3 is 2.93 bits per heavy atom. The Hall–Kier alpha value is -1.62. The summed E-state index contributed by atoms with van der Waals surface area (Å²) in [6.45, 7) is 0. The van der Waals surface area contributed by atoms with Crippen LogP contribution in [0, 0.1) is 0 Å². The largest absolute Gasteiger partial charge is 0.481 e. The lowest BCUT2D eigenvalue weighted by Crippen LogP contribution is -2.08. The van der Waals surface area contributed by atoms with E-state index in [1.54, 1.807) is 12.1 Å². The van der Waals surface area contributed by atoms with Gasteiger partial charge < -0.3 is 14.6 Å². The molecule has 0 unspecified atom stereocenters. The fourth-order valence-electron chi connectivity index (χ4n) is 1.10. The molecule has 1 heterocycles. The highest BCUT2D eigenvalue weighted by atomic mass is 16.5. The molecule has 1 atom stereocenters. The maximum absolute atomic E-state index is 10.9. The Bertz CT molecular complexity index is 340. The van der Waals surface area contributed by atoms with Crippen molar-refractivity contribution in [2.75, 3.05) is 14.2 Å². The number of hydrogen-bond donors (Lipinski definition) is 1. The van der Waals surface area contributed by atoms with Gasteiger partial charge in [-0.2, -0.15) is 0 Å². The van der Waals surface area contributed by atoms with Crippen LogP contribution < -0.4 is 4.74 Å². The number of carbonyl (C=O) groups is 1. The van der Waals surface area contributed by atoms with Crippen molar-refractivity contribution < 1.29 is 19.4 Å². The standard InChI is InChI=1S/C10H13NO4/c1-14-9-5-7(3-4-11-9)8(12)6-10(13)15-2/h3-5,8,12H,6H2,1-2H3/t8-/m0/s1. The van der Waals surface area contributed by atoms with Crippen molar-refractivity contribution in [3.63, 3.8) is 0 Å². The molecule has 5 nitrogen and oxygen atoms in total. The molecule has 0 aliphatic carbocycles. The smallest absolute Gasteiger partial charge is 0.308 e. The molecule has 5 heteroatoms. The minimum atomic E-state index is -0.894. The number of methoxy groups -OCH3 is 2. The first-order valence-electron chi connectivity index (χ1n) is 4.42. The van der Waals surface area contributed by atoms with Crippen LogP contribution >= 0.6 is 0 Å². The van der Waals surface area contributed by atoms with Crippen molar-refractivity contribution in [1.82, 2.24) is 4.98 Å². The number of pyridine rings is 1. The molecule has 0 fully saturated rings. The third kappa shape index (κ3) is 3.21. The molecule has 0 bridgehead atoms. The maximum Gasteiger partial charge on any atom is 0.308 e. The quantitative estimate of drug-likeness (QED) is 0.742. The van der Waals surface area contributed by atoms with Crippen LogP contribution in [-0.2, 0) is 9.53 Å². The number of aromatic nitrogens is 1. The number of carbonyl (C=O) groups excluding carboxylic acids is 1. The van der Waals surface area contributed by atoms with E-state index in [4.69, 9.17) is 4.74 Å². The molecule has 1 N–H and O–H groups in total. The van der Waals surface area contributed by atoms with Gasteiger partial charge in [-0.3, -0.25) is 4.79 Å². The molecule has 0 aliphatic heterocycles. The van der Waals surface area contributed by atoms with Crippen molar-refractivity contribution in [1.29, 1.82) is 0 Å². The average Bonchev–Trinajstić information content (AvgIpc) is 2.28. The van der Waals surface area contributed by atoms with Crippen molar-refractivity contribution in [3.8, 4) is 5.88 Å². The van der Waals surface area contributed by atoms with Gasteiger partial charge in [0.25, 0.3) is 0 Å². The molecule has 82 valence electrons. The Morgan fingerprint density at radius 1 is 1.60 bits per heavy atom. The van der Waals surface area contributed by atoms with Gasteiger partial charge in [0.15, 0.2) is 0 Å². The van der Waals surface area contributed by atoms with Crippen molar-refractivity contribution in [3.05, 3.63) is 23.9 Å². The minimum absolute atomic E-state index is 0.0797. The molecular formula is C10H13NO4. The van der Waals surface area contributed by atoms with Crippen molar-refractivity contribution in [2.24, 2.45) is 0 Å². The van der Waals surface area contributed by atoms with E-state index in [2.05, 4.69) is 9.72 Å². The Balaban J connectivity index is 2.72. The Labute approximate surface area is 87.7 Å². The minimum Gasteiger partial charge on any atom is -0.481 e. The SMILES string of the molecule is COC(=O)C[C@H](O)c1ccnc(OC)c1. The highest BCUT2D eigenvalue weighted by Gasteiger charge is 2.13. The summed E-state index contributed by atoms with van der Waals surface area (Å²) in [6, 6.07) is 3.20. The highest BCUT2D eigenvalue weighted by molar-refractivity contribution is 5.70. The molecular weight excluding hydrogens is 198 g/mol. The molecule has 1 aromatic heterocycles. The van der Waals surface area contributed by atoms with E-state index in [0.29, 0.717) is 11.4 Å². The zero-order valence-corrected chi connectivity index (χ0v) is 8.64. The van der Waals surface area contributed by atoms with Gasteiger partial charge in [-0.1, -0.05) is 0 Å². The van der Waals surface area contributed by atoms with Gasteiger partial charge in [0, 0.05) is 12.3 Å². The predicted octanol–water partition coefficient (Wildman–Crippen LogP) is 0.687. The number of esters is 1. The van der Waals surface area contributed by atoms with Crippen molar-refractivity contribution >= 4 is 5.97 Å². The number of rotatable bonds is 4. The molecule has 0 radical (unpaired) electrons. The summed E-state index contributed by atoms with van der Waals surface area (Å²) in [4.78, 5) is 14.8. The zero-order valence-electron chi connectivity index (χ0n) is 8.64. The number of nitrogens with zero attached hydrogens (tertiary/aromatic N) is 1. The second-order valence-corrected chi connectivity index (χ2v) is 2.93. The van der Waals surface area contributed by atoms with E-state index < -0.39 is 12.1 Å². The monoisotopic (exact) mass is 211 g/mol. The molecule has 15 heavy (non-hydrogen) atoms. The summed E-state index contributed by atoms with van der Waals surface area (Å²) in [5, 5.41) is 9.66. The average molecular weight is 211 g/mol. The second-order valence-electron chi connectivity index (χ2n) is 2.93. The second kappa shape index (κ2) is 5.31. The highest BCUT2D eigenvalue weighted by Crippen LogP contribution is 2.19. The van der Waals surface area contributed by atoms with E-state index >= 15 is 0 Å². The van der Waals surface area contributed by atoms with Gasteiger partial charge in [-0.05, 0) is 11.6 Å².